The average molecular weight is 607 g/mol. The van der Waals surface area contributed by atoms with E-state index in [0.29, 0.717) is 5.56 Å². The van der Waals surface area contributed by atoms with Crippen LogP contribution in [0.3, 0.4) is 0 Å². The largest absolute Gasteiger partial charge is 0.741 e. The third-order valence-electron chi connectivity index (χ3n) is 6.83. The van der Waals surface area contributed by atoms with Crippen LogP contribution < -0.4 is 14.8 Å². The van der Waals surface area contributed by atoms with Crippen LogP contribution >= 0.6 is 0 Å². The van der Waals surface area contributed by atoms with Gasteiger partial charge in [0.1, 0.15) is 24.4 Å². The van der Waals surface area contributed by atoms with Gasteiger partial charge in [-0.1, -0.05) is 18.2 Å². The number of rotatable bonds is 7. The highest BCUT2D eigenvalue weighted by Gasteiger charge is 2.37. The van der Waals surface area contributed by atoms with Gasteiger partial charge in [0.2, 0.25) is 5.36 Å². The summed E-state index contributed by atoms with van der Waals surface area (Å²) >= 11 is 0. The lowest BCUT2D eigenvalue weighted by Crippen LogP contribution is -2.29. The molecule has 42 heavy (non-hydrogen) atoms. The second kappa shape index (κ2) is 13.4. The number of ether oxygens (including phenoxy) is 1. The number of benzene rings is 3. The van der Waals surface area contributed by atoms with Crippen LogP contribution in [-0.4, -0.2) is 57.7 Å². The molecule has 0 bridgehead atoms. The first-order valence-corrected chi connectivity index (χ1v) is 14.7. The molecule has 2 aliphatic rings. The van der Waals surface area contributed by atoms with Gasteiger partial charge in [0.25, 0.3) is 0 Å². The van der Waals surface area contributed by atoms with Crippen LogP contribution in [-0.2, 0) is 14.9 Å². The molecule has 1 aliphatic heterocycles. The number of fused-ring (bicyclic) bond motifs is 2. The van der Waals surface area contributed by atoms with Gasteiger partial charge in [0, 0.05) is 47.4 Å². The molecule has 0 N–H and O–H groups in total. The molecule has 1 heterocycles. The number of hydrogen-bond acceptors (Lipinski definition) is 7. The highest BCUT2D eigenvalue weighted by atomic mass is 32.2. The van der Waals surface area contributed by atoms with Crippen molar-refractivity contribution in [1.29, 1.82) is 0 Å². The van der Waals surface area contributed by atoms with Crippen molar-refractivity contribution < 1.29 is 40.1 Å². The zero-order valence-corrected chi connectivity index (χ0v) is 24.8. The first-order valence-electron chi connectivity index (χ1n) is 13.3. The van der Waals surface area contributed by atoms with Crippen LogP contribution in [0.5, 0.6) is 0 Å². The predicted octanol–water partition coefficient (Wildman–Crippen LogP) is 5.70. The summed E-state index contributed by atoms with van der Waals surface area (Å²) in [6.07, 6.45) is 0. The van der Waals surface area contributed by atoms with Crippen LogP contribution in [0.15, 0.2) is 65.1 Å². The summed E-state index contributed by atoms with van der Waals surface area (Å²) in [7, 11) is -4.67. The Hall–Kier alpha value is -3.90. The quantitative estimate of drug-likeness (QED) is 0.0874. The normalized spacial score (nSPS) is 11.6. The standard InChI is InChI=1S/C29H33N2O3.CHF3O3S/c1-6-30(7-2)20-14-16-24-26(18-20)34-27-19-21(31(8-3)9-4)15-17-25(27)28(24)22-12-10-11-13-23(22)29(32)33-5;2-1(3,4)8(5,6)7/h10-19H,6-9H2,1-5H3;(H,5,6,7)/q+1;/p-1. The van der Waals surface area contributed by atoms with Crippen LogP contribution in [0.25, 0.3) is 33.4 Å². The van der Waals surface area contributed by atoms with E-state index in [9.17, 15) is 18.0 Å². The highest BCUT2D eigenvalue weighted by Crippen LogP contribution is 2.42. The summed E-state index contributed by atoms with van der Waals surface area (Å²) in [5.41, 5.74) is -0.404. The Morgan fingerprint density at radius 3 is 2.12 bits per heavy atom. The number of halogens is 3. The van der Waals surface area contributed by atoms with Gasteiger partial charge in [-0.3, -0.25) is 0 Å². The molecule has 0 spiro atoms. The van der Waals surface area contributed by atoms with Crippen molar-refractivity contribution in [2.45, 2.75) is 33.2 Å². The third-order valence-corrected chi connectivity index (χ3v) is 7.40. The van der Waals surface area contributed by atoms with E-state index in [4.69, 9.17) is 22.1 Å². The van der Waals surface area contributed by atoms with Gasteiger partial charge in [-0.15, -0.1) is 0 Å². The average Bonchev–Trinajstić information content (AvgIpc) is 2.96. The number of hydrogen-bond donors (Lipinski definition) is 0. The molecule has 8 nitrogen and oxygen atoms in total. The first kappa shape index (κ1) is 32.6. The lowest BCUT2D eigenvalue weighted by Gasteiger charge is -2.22. The first-order chi connectivity index (χ1) is 19.8. The molecule has 226 valence electrons. The molecule has 4 rings (SSSR count). The number of anilines is 1. The van der Waals surface area contributed by atoms with E-state index in [1.807, 2.05) is 24.3 Å². The minimum atomic E-state index is -6.09. The lowest BCUT2D eigenvalue weighted by molar-refractivity contribution is -0.0517. The van der Waals surface area contributed by atoms with Crippen LogP contribution in [0.2, 0.25) is 0 Å². The van der Waals surface area contributed by atoms with Crippen molar-refractivity contribution in [3.05, 3.63) is 71.6 Å². The second-order valence-corrected chi connectivity index (χ2v) is 10.5. The van der Waals surface area contributed by atoms with Crippen molar-refractivity contribution in [2.24, 2.45) is 0 Å². The van der Waals surface area contributed by atoms with Gasteiger partial charge in [0.15, 0.2) is 10.1 Å². The molecule has 0 saturated carbocycles. The Bertz CT molecular complexity index is 1700. The van der Waals surface area contributed by atoms with Gasteiger partial charge < -0.3 is 18.6 Å². The molecule has 0 atom stereocenters. The fourth-order valence-electron chi connectivity index (χ4n) is 4.72. The SMILES string of the molecule is CCN(CC)c1ccc2c(-c3ccccc3C(=O)OC)c3ccc(=[N+](CC)CC)cc-3oc2c1.O=S(=O)([O-])C(F)(F)F. The molecule has 12 heteroatoms. The number of carbonyl (C=O) groups is 1. The van der Waals surface area contributed by atoms with Crippen LogP contribution in [0.4, 0.5) is 18.9 Å². The van der Waals surface area contributed by atoms with E-state index >= 15 is 0 Å². The minimum Gasteiger partial charge on any atom is -0.741 e. The second-order valence-electron chi connectivity index (χ2n) is 9.12. The molecule has 0 aromatic heterocycles. The summed E-state index contributed by atoms with van der Waals surface area (Å²) < 4.78 is 72.8. The molecular formula is C30H33F3N2O6S. The summed E-state index contributed by atoms with van der Waals surface area (Å²) in [6, 6.07) is 20.3. The Balaban J connectivity index is 0.000000531. The summed E-state index contributed by atoms with van der Waals surface area (Å²) in [5, 5.41) is 2.09. The van der Waals surface area contributed by atoms with Crippen LogP contribution in [0, 0.1) is 0 Å². The fourth-order valence-corrected chi connectivity index (χ4v) is 4.72. The van der Waals surface area contributed by atoms with Crippen molar-refractivity contribution in [2.75, 3.05) is 38.2 Å². The Labute approximate surface area is 242 Å². The maximum Gasteiger partial charge on any atom is 0.485 e. The van der Waals surface area contributed by atoms with Crippen molar-refractivity contribution >= 4 is 32.7 Å². The van der Waals surface area contributed by atoms with E-state index in [-0.39, 0.29) is 5.97 Å². The monoisotopic (exact) mass is 606 g/mol. The Kier molecular flexibility index (Phi) is 10.4. The summed E-state index contributed by atoms with van der Waals surface area (Å²) in [5.74, 6) is 0.445. The number of alkyl halides is 3. The maximum absolute atomic E-state index is 12.7. The minimum absolute atomic E-state index is 0.350. The number of carbonyl (C=O) groups excluding carboxylic acids is 1. The Morgan fingerprint density at radius 1 is 0.952 bits per heavy atom. The van der Waals surface area contributed by atoms with Gasteiger partial charge >= 0.3 is 11.5 Å². The zero-order valence-electron chi connectivity index (χ0n) is 24.0. The molecule has 1 aliphatic carbocycles. The smallest absolute Gasteiger partial charge is 0.485 e. The van der Waals surface area contributed by atoms with Crippen molar-refractivity contribution in [3.8, 4) is 22.5 Å². The van der Waals surface area contributed by atoms with Gasteiger partial charge in [-0.25, -0.2) is 17.8 Å². The van der Waals surface area contributed by atoms with Gasteiger partial charge in [-0.05, 0) is 57.5 Å². The van der Waals surface area contributed by atoms with Crippen LogP contribution in [0.1, 0.15) is 38.1 Å². The van der Waals surface area contributed by atoms with Crippen molar-refractivity contribution in [3.63, 3.8) is 0 Å². The third kappa shape index (κ3) is 6.93. The van der Waals surface area contributed by atoms with E-state index in [0.717, 1.165) is 70.6 Å². The molecule has 0 fully saturated rings. The molecule has 0 radical (unpaired) electrons. The van der Waals surface area contributed by atoms with E-state index in [2.05, 4.69) is 73.6 Å². The van der Waals surface area contributed by atoms with Gasteiger partial charge in [0.05, 0.1) is 18.7 Å². The number of methoxy groups -OCH3 is 1. The van der Waals surface area contributed by atoms with Crippen molar-refractivity contribution in [1.82, 2.24) is 4.58 Å². The number of nitrogens with zero attached hydrogens (tertiary/aromatic N) is 2. The molecule has 0 saturated heterocycles. The fraction of sp³-hybridized carbons (Fsp3) is 0.333. The van der Waals surface area contributed by atoms with E-state index in [1.54, 1.807) is 0 Å². The predicted molar refractivity (Wildman–Crippen MR) is 155 cm³/mol. The van der Waals surface area contributed by atoms with E-state index < -0.39 is 15.6 Å². The maximum atomic E-state index is 12.7. The molecule has 2 aromatic carbocycles. The summed E-state index contributed by atoms with van der Waals surface area (Å²) in [4.78, 5) is 15.0. The molecule has 2 aromatic rings. The summed E-state index contributed by atoms with van der Waals surface area (Å²) in [6.45, 7) is 12.3. The number of esters is 1. The molecular weight excluding hydrogens is 573 g/mol. The van der Waals surface area contributed by atoms with E-state index in [1.165, 1.54) is 7.11 Å². The highest BCUT2D eigenvalue weighted by molar-refractivity contribution is 7.86. The van der Waals surface area contributed by atoms with Gasteiger partial charge in [-0.2, -0.15) is 13.2 Å². The topological polar surface area (TPSA) is 103 Å². The lowest BCUT2D eigenvalue weighted by atomic mass is 9.90. The molecule has 0 amide bonds. The Morgan fingerprint density at radius 2 is 1.57 bits per heavy atom. The zero-order chi connectivity index (χ0) is 31.2. The molecule has 0 unspecified atom stereocenters.